The summed E-state index contributed by atoms with van der Waals surface area (Å²) in [5.41, 5.74) is 1.86. The monoisotopic (exact) mass is 338 g/mol. The average Bonchev–Trinajstić information content (AvgIpc) is 2.67. The van der Waals surface area contributed by atoms with E-state index >= 15 is 0 Å². The van der Waals surface area contributed by atoms with Gasteiger partial charge in [-0.15, -0.1) is 0 Å². The number of rotatable bonds is 5. The first kappa shape index (κ1) is 17.2. The molecular weight excluding hydrogens is 316 g/mol. The molecule has 0 saturated heterocycles. The molecule has 4 heteroatoms. The summed E-state index contributed by atoms with van der Waals surface area (Å²) in [5.74, 6) is -1.55. The summed E-state index contributed by atoms with van der Waals surface area (Å²) in [6, 6.07) is 19.4. The van der Waals surface area contributed by atoms with E-state index in [4.69, 9.17) is 9.84 Å². The maximum Gasteiger partial charge on any atom is 0.309 e. The SMILES string of the molecule is O=C(O)C1CCC(C(=O)OC(c2ccccc2)c2ccccc2)CC1. The van der Waals surface area contributed by atoms with Crippen LogP contribution in [0.15, 0.2) is 60.7 Å². The first-order valence-corrected chi connectivity index (χ1v) is 8.68. The number of aliphatic carboxylic acids is 1. The Labute approximate surface area is 147 Å². The molecule has 2 aromatic rings. The van der Waals surface area contributed by atoms with Crippen LogP contribution in [-0.4, -0.2) is 17.0 Å². The van der Waals surface area contributed by atoms with Gasteiger partial charge in [0.2, 0.25) is 0 Å². The highest BCUT2D eigenvalue weighted by Gasteiger charge is 2.32. The Morgan fingerprint density at radius 1 is 0.800 bits per heavy atom. The van der Waals surface area contributed by atoms with Gasteiger partial charge in [-0.05, 0) is 36.8 Å². The molecule has 1 N–H and O–H groups in total. The molecule has 25 heavy (non-hydrogen) atoms. The van der Waals surface area contributed by atoms with E-state index in [1.165, 1.54) is 0 Å². The zero-order valence-electron chi connectivity index (χ0n) is 14.0. The number of esters is 1. The highest BCUT2D eigenvalue weighted by Crippen LogP contribution is 2.33. The third-order valence-electron chi connectivity index (χ3n) is 4.85. The number of carbonyl (C=O) groups is 2. The normalized spacial score (nSPS) is 20.2. The quantitative estimate of drug-likeness (QED) is 0.830. The Kier molecular flexibility index (Phi) is 5.49. The van der Waals surface area contributed by atoms with Gasteiger partial charge in [0.15, 0.2) is 6.10 Å². The number of carboxylic acid groups (broad SMARTS) is 1. The minimum absolute atomic E-state index is 0.217. The van der Waals surface area contributed by atoms with Gasteiger partial charge >= 0.3 is 11.9 Å². The summed E-state index contributed by atoms with van der Waals surface area (Å²) < 4.78 is 5.87. The number of carbonyl (C=O) groups excluding carboxylic acids is 1. The number of ether oxygens (including phenoxy) is 1. The lowest BCUT2D eigenvalue weighted by Crippen LogP contribution is -2.28. The van der Waals surface area contributed by atoms with Gasteiger partial charge in [0.1, 0.15) is 0 Å². The van der Waals surface area contributed by atoms with E-state index in [0.29, 0.717) is 25.7 Å². The summed E-state index contributed by atoms with van der Waals surface area (Å²) in [5, 5.41) is 9.09. The molecule has 0 aliphatic heterocycles. The number of benzene rings is 2. The Morgan fingerprint density at radius 3 is 1.68 bits per heavy atom. The van der Waals surface area contributed by atoms with Crippen molar-refractivity contribution in [2.45, 2.75) is 31.8 Å². The molecule has 0 heterocycles. The summed E-state index contributed by atoms with van der Waals surface area (Å²) in [6.45, 7) is 0. The van der Waals surface area contributed by atoms with Gasteiger partial charge in [0.05, 0.1) is 11.8 Å². The maximum absolute atomic E-state index is 12.7. The molecule has 0 radical (unpaired) electrons. The standard InChI is InChI=1S/C21H22O4/c22-20(23)17-11-13-18(14-12-17)21(24)25-19(15-7-3-1-4-8-15)16-9-5-2-6-10-16/h1-10,17-19H,11-14H2,(H,22,23). The van der Waals surface area contributed by atoms with Crippen LogP contribution in [-0.2, 0) is 14.3 Å². The van der Waals surface area contributed by atoms with E-state index in [9.17, 15) is 9.59 Å². The van der Waals surface area contributed by atoms with Gasteiger partial charge in [-0.1, -0.05) is 60.7 Å². The smallest absolute Gasteiger partial charge is 0.309 e. The van der Waals surface area contributed by atoms with Crippen LogP contribution in [0.25, 0.3) is 0 Å². The second-order valence-corrected chi connectivity index (χ2v) is 6.53. The Hall–Kier alpha value is -2.62. The molecule has 1 aliphatic rings. The van der Waals surface area contributed by atoms with E-state index in [-0.39, 0.29) is 17.8 Å². The Morgan fingerprint density at radius 2 is 1.24 bits per heavy atom. The van der Waals surface area contributed by atoms with Crippen LogP contribution in [0.3, 0.4) is 0 Å². The number of hydrogen-bond acceptors (Lipinski definition) is 3. The van der Waals surface area contributed by atoms with E-state index < -0.39 is 12.1 Å². The average molecular weight is 338 g/mol. The van der Waals surface area contributed by atoms with Crippen molar-refractivity contribution in [3.05, 3.63) is 71.8 Å². The topological polar surface area (TPSA) is 63.6 Å². The molecule has 4 nitrogen and oxygen atoms in total. The second kappa shape index (κ2) is 7.97. The summed E-state index contributed by atoms with van der Waals surface area (Å²) in [6.07, 6.45) is 1.79. The van der Waals surface area contributed by atoms with Gasteiger partial charge < -0.3 is 9.84 Å². The van der Waals surface area contributed by atoms with Crippen LogP contribution in [0.1, 0.15) is 42.9 Å². The van der Waals surface area contributed by atoms with Gasteiger partial charge in [-0.25, -0.2) is 0 Å². The summed E-state index contributed by atoms with van der Waals surface area (Å²) >= 11 is 0. The van der Waals surface area contributed by atoms with E-state index in [1.54, 1.807) is 0 Å². The minimum Gasteiger partial charge on any atom is -0.481 e. The van der Waals surface area contributed by atoms with Crippen LogP contribution in [0.2, 0.25) is 0 Å². The second-order valence-electron chi connectivity index (χ2n) is 6.53. The fraction of sp³-hybridized carbons (Fsp3) is 0.333. The van der Waals surface area contributed by atoms with E-state index in [2.05, 4.69) is 0 Å². The summed E-state index contributed by atoms with van der Waals surface area (Å²) in [7, 11) is 0. The van der Waals surface area contributed by atoms with Crippen molar-refractivity contribution in [2.24, 2.45) is 11.8 Å². The Balaban J connectivity index is 1.73. The summed E-state index contributed by atoms with van der Waals surface area (Å²) in [4.78, 5) is 23.7. The highest BCUT2D eigenvalue weighted by molar-refractivity contribution is 5.74. The largest absolute Gasteiger partial charge is 0.481 e. The molecule has 0 amide bonds. The molecule has 0 bridgehead atoms. The zero-order chi connectivity index (χ0) is 17.6. The first-order valence-electron chi connectivity index (χ1n) is 8.68. The maximum atomic E-state index is 12.7. The third kappa shape index (κ3) is 4.27. The minimum atomic E-state index is -0.765. The van der Waals surface area contributed by atoms with Crippen LogP contribution in [0, 0.1) is 11.8 Å². The van der Waals surface area contributed by atoms with Crippen molar-refractivity contribution >= 4 is 11.9 Å². The van der Waals surface area contributed by atoms with E-state index in [0.717, 1.165) is 11.1 Å². The molecule has 1 aliphatic carbocycles. The molecule has 0 aromatic heterocycles. The van der Waals surface area contributed by atoms with Crippen molar-refractivity contribution in [2.75, 3.05) is 0 Å². The lowest BCUT2D eigenvalue weighted by atomic mass is 9.82. The molecule has 0 unspecified atom stereocenters. The zero-order valence-corrected chi connectivity index (χ0v) is 14.0. The number of carboxylic acids is 1. The van der Waals surface area contributed by atoms with Gasteiger partial charge in [-0.2, -0.15) is 0 Å². The lowest BCUT2D eigenvalue weighted by Gasteiger charge is -2.27. The predicted molar refractivity (Wildman–Crippen MR) is 93.9 cm³/mol. The molecule has 1 fully saturated rings. The molecule has 0 spiro atoms. The molecule has 0 atom stereocenters. The highest BCUT2D eigenvalue weighted by atomic mass is 16.5. The first-order chi connectivity index (χ1) is 12.1. The van der Waals surface area contributed by atoms with Gasteiger partial charge in [0, 0.05) is 0 Å². The molecule has 1 saturated carbocycles. The molecule has 130 valence electrons. The molecule has 3 rings (SSSR count). The van der Waals surface area contributed by atoms with E-state index in [1.807, 2.05) is 60.7 Å². The van der Waals surface area contributed by atoms with Crippen LogP contribution in [0.5, 0.6) is 0 Å². The van der Waals surface area contributed by atoms with Crippen LogP contribution >= 0.6 is 0 Å². The third-order valence-corrected chi connectivity index (χ3v) is 4.85. The fourth-order valence-electron chi connectivity index (χ4n) is 3.37. The van der Waals surface area contributed by atoms with Crippen molar-refractivity contribution in [1.82, 2.24) is 0 Å². The van der Waals surface area contributed by atoms with Crippen molar-refractivity contribution < 1.29 is 19.4 Å². The fourth-order valence-corrected chi connectivity index (χ4v) is 3.37. The van der Waals surface area contributed by atoms with Crippen LogP contribution in [0.4, 0.5) is 0 Å². The predicted octanol–water partition coefficient (Wildman–Crippen LogP) is 4.21. The van der Waals surface area contributed by atoms with Crippen molar-refractivity contribution in [1.29, 1.82) is 0 Å². The molecule has 2 aromatic carbocycles. The van der Waals surface area contributed by atoms with Crippen molar-refractivity contribution in [3.8, 4) is 0 Å². The number of hydrogen-bond donors (Lipinski definition) is 1. The van der Waals surface area contributed by atoms with Crippen LogP contribution < -0.4 is 0 Å². The van der Waals surface area contributed by atoms with Crippen molar-refractivity contribution in [3.63, 3.8) is 0 Å². The lowest BCUT2D eigenvalue weighted by molar-refractivity contribution is -0.156. The van der Waals surface area contributed by atoms with Gasteiger partial charge in [0.25, 0.3) is 0 Å². The molecular formula is C21H22O4. The van der Waals surface area contributed by atoms with Gasteiger partial charge in [-0.3, -0.25) is 9.59 Å². The Bertz CT molecular complexity index is 664.